The van der Waals surface area contributed by atoms with Gasteiger partial charge in [-0.2, -0.15) is 5.10 Å². The average Bonchev–Trinajstić information content (AvgIpc) is 2.54. The van der Waals surface area contributed by atoms with Gasteiger partial charge in [0.05, 0.1) is 18.5 Å². The van der Waals surface area contributed by atoms with Crippen LogP contribution in [-0.4, -0.2) is 26.5 Å². The predicted octanol–water partition coefficient (Wildman–Crippen LogP) is 3.55. The van der Waals surface area contributed by atoms with Crippen molar-refractivity contribution < 1.29 is 9.47 Å². The molecule has 2 rings (SSSR count). The van der Waals surface area contributed by atoms with E-state index < -0.39 is 0 Å². The highest BCUT2D eigenvalue weighted by Crippen LogP contribution is 2.11. The number of hydrazone groups is 1. The third kappa shape index (κ3) is 5.67. The topological polar surface area (TPSA) is 42.9 Å². The van der Waals surface area contributed by atoms with Gasteiger partial charge in [-0.05, 0) is 42.0 Å². The third-order valence-corrected chi connectivity index (χ3v) is 2.82. The molecule has 0 aliphatic carbocycles. The Labute approximate surface area is 125 Å². The summed E-state index contributed by atoms with van der Waals surface area (Å²) in [6.07, 6.45) is 2.67. The lowest BCUT2D eigenvalue weighted by atomic mass is 10.2. The average molecular weight is 284 g/mol. The lowest BCUT2D eigenvalue weighted by molar-refractivity contribution is 0.172. The van der Waals surface area contributed by atoms with Crippen LogP contribution in [0.2, 0.25) is 0 Å². The van der Waals surface area contributed by atoms with E-state index in [1.54, 1.807) is 13.3 Å². The molecular formula is C17H20N2O2. The Balaban J connectivity index is 1.79. The smallest absolute Gasteiger partial charge is 0.119 e. The summed E-state index contributed by atoms with van der Waals surface area (Å²) in [5.41, 5.74) is 4.96. The molecule has 0 saturated carbocycles. The monoisotopic (exact) mass is 284 g/mol. The molecule has 4 heteroatoms. The zero-order chi connectivity index (χ0) is 14.8. The molecule has 21 heavy (non-hydrogen) atoms. The van der Waals surface area contributed by atoms with E-state index in [0.717, 1.165) is 30.0 Å². The van der Waals surface area contributed by atoms with Crippen LogP contribution in [0.15, 0.2) is 59.7 Å². The maximum atomic E-state index is 5.60. The molecule has 0 saturated heterocycles. The molecule has 0 aromatic heterocycles. The van der Waals surface area contributed by atoms with Gasteiger partial charge < -0.3 is 9.47 Å². The van der Waals surface area contributed by atoms with Crippen LogP contribution in [-0.2, 0) is 4.74 Å². The maximum absolute atomic E-state index is 5.60. The largest absolute Gasteiger partial charge is 0.494 e. The van der Waals surface area contributed by atoms with Gasteiger partial charge in [0.25, 0.3) is 0 Å². The molecule has 0 aliphatic heterocycles. The van der Waals surface area contributed by atoms with Crippen LogP contribution in [0, 0.1) is 0 Å². The lowest BCUT2D eigenvalue weighted by Gasteiger charge is -2.05. The van der Waals surface area contributed by atoms with E-state index in [-0.39, 0.29) is 0 Å². The summed E-state index contributed by atoms with van der Waals surface area (Å²) in [6, 6.07) is 17.7. The maximum Gasteiger partial charge on any atom is 0.119 e. The van der Waals surface area contributed by atoms with Crippen molar-refractivity contribution in [2.75, 3.05) is 25.7 Å². The van der Waals surface area contributed by atoms with Crippen LogP contribution in [0.5, 0.6) is 5.75 Å². The second kappa shape index (κ2) is 8.76. The van der Waals surface area contributed by atoms with E-state index >= 15 is 0 Å². The van der Waals surface area contributed by atoms with E-state index in [9.17, 15) is 0 Å². The molecule has 1 N–H and O–H groups in total. The highest BCUT2D eigenvalue weighted by atomic mass is 16.5. The van der Waals surface area contributed by atoms with Gasteiger partial charge in [-0.1, -0.05) is 18.2 Å². The van der Waals surface area contributed by atoms with Gasteiger partial charge in [0.2, 0.25) is 0 Å². The van der Waals surface area contributed by atoms with Crippen molar-refractivity contribution in [1.82, 2.24) is 0 Å². The molecule has 0 radical (unpaired) electrons. The van der Waals surface area contributed by atoms with Crippen molar-refractivity contribution in [3.8, 4) is 5.75 Å². The molecule has 0 fully saturated rings. The van der Waals surface area contributed by atoms with Crippen molar-refractivity contribution in [2.45, 2.75) is 6.42 Å². The predicted molar refractivity (Wildman–Crippen MR) is 86.1 cm³/mol. The molecule has 0 unspecified atom stereocenters. The molecule has 0 aliphatic rings. The summed E-state index contributed by atoms with van der Waals surface area (Å²) in [7, 11) is 1.69. The highest BCUT2D eigenvalue weighted by molar-refractivity contribution is 5.80. The standard InChI is InChI=1S/C17H20N2O2/c1-20-12-5-13-21-17-10-8-15(9-11-17)14-18-19-16-6-3-2-4-7-16/h2-4,6-11,14,19H,5,12-13H2,1H3. The number of anilines is 1. The molecular weight excluding hydrogens is 264 g/mol. The number of hydrogen-bond donors (Lipinski definition) is 1. The summed E-state index contributed by atoms with van der Waals surface area (Å²) in [4.78, 5) is 0. The van der Waals surface area contributed by atoms with Crippen LogP contribution in [0.1, 0.15) is 12.0 Å². The first-order valence-electron chi connectivity index (χ1n) is 6.94. The zero-order valence-electron chi connectivity index (χ0n) is 12.2. The molecule has 4 nitrogen and oxygen atoms in total. The minimum atomic E-state index is 0.664. The molecule has 2 aromatic carbocycles. The van der Waals surface area contributed by atoms with Gasteiger partial charge in [-0.25, -0.2) is 0 Å². The molecule has 2 aromatic rings. The Morgan fingerprint density at radius 1 is 1.00 bits per heavy atom. The number of methoxy groups -OCH3 is 1. The minimum Gasteiger partial charge on any atom is -0.494 e. The van der Waals surface area contributed by atoms with Crippen molar-refractivity contribution >= 4 is 11.9 Å². The SMILES string of the molecule is COCCCOc1ccc(C=NNc2ccccc2)cc1. The Morgan fingerprint density at radius 2 is 1.76 bits per heavy atom. The summed E-state index contributed by atoms with van der Waals surface area (Å²) < 4.78 is 10.6. The van der Waals surface area contributed by atoms with E-state index in [0.29, 0.717) is 6.61 Å². The van der Waals surface area contributed by atoms with E-state index in [2.05, 4.69) is 10.5 Å². The van der Waals surface area contributed by atoms with Crippen molar-refractivity contribution in [3.05, 3.63) is 60.2 Å². The molecule has 110 valence electrons. The van der Waals surface area contributed by atoms with Crippen LogP contribution < -0.4 is 10.2 Å². The fraction of sp³-hybridized carbons (Fsp3) is 0.235. The molecule has 0 spiro atoms. The number of benzene rings is 2. The summed E-state index contributed by atoms with van der Waals surface area (Å²) >= 11 is 0. The van der Waals surface area contributed by atoms with E-state index in [1.165, 1.54) is 0 Å². The normalized spacial score (nSPS) is 10.7. The number of rotatable bonds is 8. The van der Waals surface area contributed by atoms with Gasteiger partial charge in [0.15, 0.2) is 0 Å². The minimum absolute atomic E-state index is 0.664. The first-order chi connectivity index (χ1) is 10.4. The summed E-state index contributed by atoms with van der Waals surface area (Å²) in [5.74, 6) is 0.860. The first kappa shape index (κ1) is 15.1. The summed E-state index contributed by atoms with van der Waals surface area (Å²) in [5, 5.41) is 4.20. The zero-order valence-corrected chi connectivity index (χ0v) is 12.2. The van der Waals surface area contributed by atoms with Crippen molar-refractivity contribution in [1.29, 1.82) is 0 Å². The molecule has 0 amide bonds. The number of nitrogens with zero attached hydrogens (tertiary/aromatic N) is 1. The molecule has 0 atom stereocenters. The fourth-order valence-corrected chi connectivity index (χ4v) is 1.74. The van der Waals surface area contributed by atoms with Crippen LogP contribution in [0.25, 0.3) is 0 Å². The summed E-state index contributed by atoms with van der Waals surface area (Å²) in [6.45, 7) is 1.38. The van der Waals surface area contributed by atoms with E-state index in [4.69, 9.17) is 9.47 Å². The Kier molecular flexibility index (Phi) is 6.29. The number of hydrogen-bond acceptors (Lipinski definition) is 4. The second-order valence-corrected chi connectivity index (χ2v) is 4.50. The molecule has 0 bridgehead atoms. The van der Waals surface area contributed by atoms with Crippen LogP contribution in [0.4, 0.5) is 5.69 Å². The fourth-order valence-electron chi connectivity index (χ4n) is 1.74. The van der Waals surface area contributed by atoms with Crippen LogP contribution in [0.3, 0.4) is 0 Å². The molecule has 0 heterocycles. The lowest BCUT2D eigenvalue weighted by Crippen LogP contribution is -2.01. The number of nitrogens with one attached hydrogen (secondary N) is 1. The van der Waals surface area contributed by atoms with Gasteiger partial charge in [0, 0.05) is 20.1 Å². The Hall–Kier alpha value is -2.33. The first-order valence-corrected chi connectivity index (χ1v) is 6.94. The number of ether oxygens (including phenoxy) is 2. The van der Waals surface area contributed by atoms with Crippen molar-refractivity contribution in [3.63, 3.8) is 0 Å². The number of para-hydroxylation sites is 1. The van der Waals surface area contributed by atoms with Crippen molar-refractivity contribution in [2.24, 2.45) is 5.10 Å². The van der Waals surface area contributed by atoms with Gasteiger partial charge in [-0.3, -0.25) is 5.43 Å². The third-order valence-electron chi connectivity index (χ3n) is 2.82. The van der Waals surface area contributed by atoms with Gasteiger partial charge in [0.1, 0.15) is 5.75 Å². The van der Waals surface area contributed by atoms with Crippen LogP contribution >= 0.6 is 0 Å². The Morgan fingerprint density at radius 3 is 2.48 bits per heavy atom. The second-order valence-electron chi connectivity index (χ2n) is 4.50. The Bertz CT molecular complexity index is 538. The highest BCUT2D eigenvalue weighted by Gasteiger charge is 1.94. The van der Waals surface area contributed by atoms with Gasteiger partial charge in [-0.15, -0.1) is 0 Å². The quantitative estimate of drug-likeness (QED) is 0.458. The van der Waals surface area contributed by atoms with E-state index in [1.807, 2.05) is 54.6 Å². The van der Waals surface area contributed by atoms with Gasteiger partial charge >= 0.3 is 0 Å².